The Balaban J connectivity index is 2.06. The van der Waals surface area contributed by atoms with Crippen molar-refractivity contribution in [3.8, 4) is 0 Å². The van der Waals surface area contributed by atoms with Crippen molar-refractivity contribution in [1.82, 2.24) is 0 Å². The predicted octanol–water partition coefficient (Wildman–Crippen LogP) is 2.48. The predicted molar refractivity (Wildman–Crippen MR) is 93.6 cm³/mol. The molecule has 0 aromatic heterocycles. The highest BCUT2D eigenvalue weighted by Gasteiger charge is 2.74. The zero-order chi connectivity index (χ0) is 17.7. The van der Waals surface area contributed by atoms with E-state index in [2.05, 4.69) is 15.9 Å². The van der Waals surface area contributed by atoms with Crippen LogP contribution in [0.5, 0.6) is 0 Å². The van der Waals surface area contributed by atoms with Crippen molar-refractivity contribution in [2.24, 2.45) is 5.73 Å². The molecular weight excluding hydrogens is 394 g/mol. The molecule has 1 aliphatic carbocycles. The summed E-state index contributed by atoms with van der Waals surface area (Å²) in [7, 11) is -3.86. The number of rotatable bonds is 4. The number of hydrogen-bond acceptors (Lipinski definition) is 4. The van der Waals surface area contributed by atoms with Crippen LogP contribution in [0.4, 0.5) is 0 Å². The second-order valence-electron chi connectivity index (χ2n) is 6.05. The van der Waals surface area contributed by atoms with Crippen LogP contribution < -0.4 is 5.73 Å². The summed E-state index contributed by atoms with van der Waals surface area (Å²) in [5.41, 5.74) is 5.71. The van der Waals surface area contributed by atoms with E-state index >= 15 is 0 Å². The van der Waals surface area contributed by atoms with Crippen molar-refractivity contribution in [3.63, 3.8) is 0 Å². The third-order valence-electron chi connectivity index (χ3n) is 4.46. The first-order valence-corrected chi connectivity index (χ1v) is 9.61. The lowest BCUT2D eigenvalue weighted by Gasteiger charge is -2.07. The highest BCUT2D eigenvalue weighted by atomic mass is 79.9. The number of hydrogen-bond donors (Lipinski definition) is 2. The van der Waals surface area contributed by atoms with E-state index in [4.69, 9.17) is 5.73 Å². The fraction of sp³-hybridized carbons (Fsp3) is 0.235. The van der Waals surface area contributed by atoms with Crippen LogP contribution in [0.3, 0.4) is 0 Å². The summed E-state index contributed by atoms with van der Waals surface area (Å²) in [4.78, 5) is 11.8. The van der Waals surface area contributed by atoms with Crippen LogP contribution in [0.2, 0.25) is 0 Å². The number of nitrogens with two attached hydrogens (primary N) is 1. The van der Waals surface area contributed by atoms with E-state index < -0.39 is 32.5 Å². The van der Waals surface area contributed by atoms with Crippen LogP contribution in [-0.4, -0.2) is 30.3 Å². The lowest BCUT2D eigenvalue weighted by atomic mass is 10.1. The molecule has 2 aromatic rings. The summed E-state index contributed by atoms with van der Waals surface area (Å²) in [6.07, 6.45) is 0. The Hall–Kier alpha value is -1.70. The molecule has 126 valence electrons. The van der Waals surface area contributed by atoms with Crippen LogP contribution >= 0.6 is 15.9 Å². The Morgan fingerprint density at radius 2 is 1.67 bits per heavy atom. The minimum Gasteiger partial charge on any atom is -0.480 e. The van der Waals surface area contributed by atoms with Crippen LogP contribution in [-0.2, 0) is 14.6 Å². The third kappa shape index (κ3) is 2.56. The monoisotopic (exact) mass is 409 g/mol. The van der Waals surface area contributed by atoms with Gasteiger partial charge in [-0.25, -0.2) is 8.42 Å². The molecule has 0 saturated heterocycles. The summed E-state index contributed by atoms with van der Waals surface area (Å²) < 4.78 is 26.7. The normalized spacial score (nSPS) is 26.1. The molecule has 0 amide bonds. The van der Waals surface area contributed by atoms with Gasteiger partial charge in [-0.15, -0.1) is 0 Å². The SMILES string of the molecule is Cc1ccc(S(=O)(=O)[C@@H]2[C@@H](c3ccc(Br)cc3)[C@@]2(N)C(=O)O)cc1. The van der Waals surface area contributed by atoms with E-state index in [1.807, 2.05) is 6.92 Å². The molecule has 24 heavy (non-hydrogen) atoms. The minimum atomic E-state index is -3.86. The van der Waals surface area contributed by atoms with Crippen molar-refractivity contribution in [3.05, 3.63) is 64.1 Å². The van der Waals surface area contributed by atoms with E-state index in [-0.39, 0.29) is 4.90 Å². The number of aliphatic carboxylic acids is 1. The summed E-state index contributed by atoms with van der Waals surface area (Å²) >= 11 is 3.30. The largest absolute Gasteiger partial charge is 0.480 e. The van der Waals surface area contributed by atoms with Gasteiger partial charge in [-0.05, 0) is 36.8 Å². The van der Waals surface area contributed by atoms with Gasteiger partial charge in [0.05, 0.1) is 4.90 Å². The summed E-state index contributed by atoms with van der Waals surface area (Å²) in [6, 6.07) is 13.2. The fourth-order valence-corrected chi connectivity index (χ4v) is 5.56. The standard InChI is InChI=1S/C17H16BrNO4S/c1-10-2-8-13(9-3-10)24(22,23)15-14(17(15,19)16(20)21)11-4-6-12(18)7-5-11/h2-9,14-15H,19H2,1H3,(H,20,21)/t14-,15-,17+/m1/s1. The molecule has 0 radical (unpaired) electrons. The summed E-state index contributed by atoms with van der Waals surface area (Å²) in [5.74, 6) is -2.09. The molecule has 3 atom stereocenters. The zero-order valence-corrected chi connectivity index (χ0v) is 15.2. The first kappa shape index (κ1) is 17.1. The molecule has 0 heterocycles. The average molecular weight is 410 g/mol. The number of aryl methyl sites for hydroxylation is 1. The first-order chi connectivity index (χ1) is 11.2. The molecule has 0 spiro atoms. The quantitative estimate of drug-likeness (QED) is 0.807. The van der Waals surface area contributed by atoms with Gasteiger partial charge in [0, 0.05) is 10.4 Å². The van der Waals surface area contributed by atoms with E-state index in [1.165, 1.54) is 12.1 Å². The topological polar surface area (TPSA) is 97.5 Å². The smallest absolute Gasteiger partial charge is 0.325 e. The van der Waals surface area contributed by atoms with E-state index in [9.17, 15) is 18.3 Å². The Bertz CT molecular complexity index is 893. The lowest BCUT2D eigenvalue weighted by molar-refractivity contribution is -0.139. The minimum absolute atomic E-state index is 0.0915. The van der Waals surface area contributed by atoms with Gasteiger partial charge in [0.1, 0.15) is 10.8 Å². The van der Waals surface area contributed by atoms with Crippen LogP contribution in [0.25, 0.3) is 0 Å². The number of sulfone groups is 1. The van der Waals surface area contributed by atoms with Crippen LogP contribution in [0.15, 0.2) is 57.9 Å². The Kier molecular flexibility index (Phi) is 4.06. The molecule has 0 aliphatic heterocycles. The van der Waals surface area contributed by atoms with Gasteiger partial charge < -0.3 is 10.8 Å². The van der Waals surface area contributed by atoms with Crippen molar-refractivity contribution in [2.75, 3.05) is 0 Å². The van der Waals surface area contributed by atoms with Gasteiger partial charge in [-0.2, -0.15) is 0 Å². The highest BCUT2D eigenvalue weighted by Crippen LogP contribution is 2.55. The maximum Gasteiger partial charge on any atom is 0.325 e. The third-order valence-corrected chi connectivity index (χ3v) is 7.25. The molecule has 1 aliphatic rings. The second-order valence-corrected chi connectivity index (χ2v) is 9.03. The van der Waals surface area contributed by atoms with Crippen molar-refractivity contribution in [2.45, 2.75) is 28.5 Å². The van der Waals surface area contributed by atoms with Crippen LogP contribution in [0, 0.1) is 6.92 Å². The van der Waals surface area contributed by atoms with E-state index in [0.29, 0.717) is 5.56 Å². The first-order valence-electron chi connectivity index (χ1n) is 7.27. The molecule has 2 aromatic carbocycles. The van der Waals surface area contributed by atoms with Crippen molar-refractivity contribution < 1.29 is 18.3 Å². The molecule has 3 N–H and O–H groups in total. The number of carboxylic acid groups (broad SMARTS) is 1. The van der Waals surface area contributed by atoms with E-state index in [0.717, 1.165) is 10.0 Å². The summed E-state index contributed by atoms with van der Waals surface area (Å²) in [6.45, 7) is 1.85. The van der Waals surface area contributed by atoms with Crippen LogP contribution in [0.1, 0.15) is 17.0 Å². The van der Waals surface area contributed by atoms with Gasteiger partial charge in [0.2, 0.25) is 0 Å². The van der Waals surface area contributed by atoms with Crippen molar-refractivity contribution >= 4 is 31.7 Å². The Morgan fingerprint density at radius 1 is 1.12 bits per heavy atom. The molecule has 1 saturated carbocycles. The maximum absolute atomic E-state index is 12.9. The van der Waals surface area contributed by atoms with Gasteiger partial charge in [0.15, 0.2) is 9.84 Å². The number of halogens is 1. The number of benzene rings is 2. The van der Waals surface area contributed by atoms with Gasteiger partial charge in [-0.1, -0.05) is 45.8 Å². The second kappa shape index (κ2) is 5.68. The fourth-order valence-electron chi connectivity index (χ4n) is 3.06. The van der Waals surface area contributed by atoms with E-state index in [1.54, 1.807) is 36.4 Å². The average Bonchev–Trinajstić information content (AvgIpc) is 3.17. The molecule has 3 rings (SSSR count). The number of carbonyl (C=O) groups is 1. The van der Waals surface area contributed by atoms with Gasteiger partial charge in [0.25, 0.3) is 0 Å². The maximum atomic E-state index is 12.9. The van der Waals surface area contributed by atoms with Gasteiger partial charge >= 0.3 is 5.97 Å². The Morgan fingerprint density at radius 3 is 2.17 bits per heavy atom. The molecule has 5 nitrogen and oxygen atoms in total. The molecule has 0 bridgehead atoms. The molecule has 1 fully saturated rings. The zero-order valence-electron chi connectivity index (χ0n) is 12.8. The Labute approximate surface area is 148 Å². The molecular formula is C17H16BrNO4S. The van der Waals surface area contributed by atoms with Crippen molar-refractivity contribution in [1.29, 1.82) is 0 Å². The summed E-state index contributed by atoms with van der Waals surface area (Å²) in [5, 5.41) is 8.34. The van der Waals surface area contributed by atoms with Gasteiger partial charge in [-0.3, -0.25) is 4.79 Å². The number of carboxylic acids is 1. The highest BCUT2D eigenvalue weighted by molar-refractivity contribution is 9.10. The molecule has 7 heteroatoms. The molecule has 0 unspecified atom stereocenters. The lowest BCUT2D eigenvalue weighted by Crippen LogP contribution is -2.39.